The Bertz CT molecular complexity index is 1150. The van der Waals surface area contributed by atoms with Crippen LogP contribution in [0.4, 0.5) is 4.39 Å². The quantitative estimate of drug-likeness (QED) is 0.705. The van der Waals surface area contributed by atoms with Crippen molar-refractivity contribution < 1.29 is 9.18 Å². The van der Waals surface area contributed by atoms with Crippen LogP contribution in [0, 0.1) is 19.7 Å². The molecule has 1 aliphatic heterocycles. The van der Waals surface area contributed by atoms with E-state index in [1.54, 1.807) is 22.7 Å². The summed E-state index contributed by atoms with van der Waals surface area (Å²) in [5.74, 6) is -0.370. The van der Waals surface area contributed by atoms with Gasteiger partial charge in [-0.25, -0.2) is 9.37 Å². The third-order valence-corrected chi connectivity index (χ3v) is 5.70. The lowest BCUT2D eigenvalue weighted by Gasteiger charge is -2.37. The number of halogens is 1. The van der Waals surface area contributed by atoms with Gasteiger partial charge in [-0.15, -0.1) is 0 Å². The Morgan fingerprint density at radius 3 is 2.90 bits per heavy atom. The van der Waals surface area contributed by atoms with Crippen molar-refractivity contribution in [3.63, 3.8) is 0 Å². The molecule has 7 nitrogen and oxygen atoms in total. The molecule has 1 unspecified atom stereocenters. The van der Waals surface area contributed by atoms with Gasteiger partial charge in [0.15, 0.2) is 5.65 Å². The maximum atomic E-state index is 13.7. The normalized spacial score (nSPS) is 17.1. The van der Waals surface area contributed by atoms with Gasteiger partial charge in [-0.3, -0.25) is 19.4 Å². The van der Waals surface area contributed by atoms with Crippen molar-refractivity contribution in [1.82, 2.24) is 25.0 Å². The zero-order valence-corrected chi connectivity index (χ0v) is 16.8. The SMILES string of the molecule is Cc1nc2c(c(C)c1CC(=O)N1CCNCC1c1cccc(F)c1)c(=O)[nH]n2C. The molecule has 2 N–H and O–H groups in total. The summed E-state index contributed by atoms with van der Waals surface area (Å²) in [6.07, 6.45) is 0.154. The lowest BCUT2D eigenvalue weighted by atomic mass is 9.98. The van der Waals surface area contributed by atoms with Gasteiger partial charge in [0.1, 0.15) is 5.82 Å². The Morgan fingerprint density at radius 1 is 1.34 bits per heavy atom. The minimum absolute atomic E-state index is 0.0551. The van der Waals surface area contributed by atoms with Crippen molar-refractivity contribution in [3.8, 4) is 0 Å². The second-order valence-corrected chi connectivity index (χ2v) is 7.54. The number of nitrogens with zero attached hydrogens (tertiary/aromatic N) is 3. The molecule has 1 amide bonds. The first kappa shape index (κ1) is 19.3. The highest BCUT2D eigenvalue weighted by Crippen LogP contribution is 2.26. The highest BCUT2D eigenvalue weighted by Gasteiger charge is 2.29. The Kier molecular flexibility index (Phi) is 4.96. The van der Waals surface area contributed by atoms with Gasteiger partial charge in [-0.1, -0.05) is 12.1 Å². The van der Waals surface area contributed by atoms with Gasteiger partial charge < -0.3 is 10.2 Å². The van der Waals surface area contributed by atoms with E-state index in [-0.39, 0.29) is 29.7 Å². The number of carbonyl (C=O) groups excluding carboxylic acids is 1. The largest absolute Gasteiger partial charge is 0.333 e. The molecule has 1 atom stereocenters. The number of pyridine rings is 1. The Hall–Kier alpha value is -3.00. The number of nitrogens with one attached hydrogen (secondary N) is 2. The van der Waals surface area contributed by atoms with E-state index < -0.39 is 0 Å². The molecule has 1 aromatic carbocycles. The summed E-state index contributed by atoms with van der Waals surface area (Å²) in [5, 5.41) is 6.52. The van der Waals surface area contributed by atoms with E-state index in [0.717, 1.165) is 22.4 Å². The number of fused-ring (bicyclic) bond motifs is 1. The van der Waals surface area contributed by atoms with Crippen molar-refractivity contribution in [3.05, 3.63) is 62.8 Å². The predicted octanol–water partition coefficient (Wildman–Crippen LogP) is 1.73. The maximum Gasteiger partial charge on any atom is 0.273 e. The van der Waals surface area contributed by atoms with E-state index >= 15 is 0 Å². The number of carbonyl (C=O) groups is 1. The molecule has 0 spiro atoms. The lowest BCUT2D eigenvalue weighted by molar-refractivity contribution is -0.133. The molecule has 0 bridgehead atoms. The van der Waals surface area contributed by atoms with Crippen LogP contribution in [0.3, 0.4) is 0 Å². The molecule has 0 radical (unpaired) electrons. The number of rotatable bonds is 3. The van der Waals surface area contributed by atoms with E-state index in [1.165, 1.54) is 12.1 Å². The predicted molar refractivity (Wildman–Crippen MR) is 108 cm³/mol. The zero-order chi connectivity index (χ0) is 20.7. The average Bonchev–Trinajstić information content (AvgIpc) is 2.98. The summed E-state index contributed by atoms with van der Waals surface area (Å²) in [5.41, 5.74) is 3.43. The molecule has 1 saturated heterocycles. The average molecular weight is 397 g/mol. The second-order valence-electron chi connectivity index (χ2n) is 7.54. The molecule has 29 heavy (non-hydrogen) atoms. The van der Waals surface area contributed by atoms with Crippen LogP contribution in [0.15, 0.2) is 29.1 Å². The van der Waals surface area contributed by atoms with Gasteiger partial charge in [-0.2, -0.15) is 0 Å². The van der Waals surface area contributed by atoms with Crippen molar-refractivity contribution in [2.24, 2.45) is 7.05 Å². The van der Waals surface area contributed by atoms with E-state index in [2.05, 4.69) is 15.4 Å². The first-order chi connectivity index (χ1) is 13.9. The summed E-state index contributed by atoms with van der Waals surface area (Å²) in [7, 11) is 1.74. The molecule has 4 rings (SSSR count). The van der Waals surface area contributed by atoms with Crippen LogP contribution >= 0.6 is 0 Å². The number of amides is 1. The number of aromatic nitrogens is 3. The molecule has 3 aromatic rings. The van der Waals surface area contributed by atoms with E-state index in [1.807, 2.05) is 19.9 Å². The van der Waals surface area contributed by atoms with Crippen molar-refractivity contribution in [2.45, 2.75) is 26.3 Å². The van der Waals surface area contributed by atoms with Crippen LogP contribution in [0.5, 0.6) is 0 Å². The number of benzene rings is 1. The fraction of sp³-hybridized carbons (Fsp3) is 0.381. The Morgan fingerprint density at radius 2 is 2.14 bits per heavy atom. The standard InChI is InChI=1S/C21H24FN5O2/c1-12-16(13(2)24-20-19(12)21(29)25-26(20)3)10-18(28)27-8-7-23-11-17(27)14-5-4-6-15(22)9-14/h4-6,9,17,23H,7-8,10-11H2,1-3H3,(H,25,29). The molecule has 0 saturated carbocycles. The molecule has 8 heteroatoms. The Labute approximate surface area is 167 Å². The minimum Gasteiger partial charge on any atom is -0.333 e. The second kappa shape index (κ2) is 7.44. The number of H-pyrrole nitrogens is 1. The van der Waals surface area contributed by atoms with Crippen LogP contribution in [0.1, 0.15) is 28.4 Å². The topological polar surface area (TPSA) is 83.0 Å². The molecule has 152 valence electrons. The summed E-state index contributed by atoms with van der Waals surface area (Å²) >= 11 is 0. The molecule has 3 heterocycles. The van der Waals surface area contributed by atoms with Gasteiger partial charge in [0.2, 0.25) is 5.91 Å². The van der Waals surface area contributed by atoms with Crippen LogP contribution in [0.2, 0.25) is 0 Å². The molecular formula is C21H24FN5O2. The van der Waals surface area contributed by atoms with Gasteiger partial charge in [0, 0.05) is 32.4 Å². The smallest absolute Gasteiger partial charge is 0.273 e. The number of aromatic amines is 1. The van der Waals surface area contributed by atoms with Crippen LogP contribution in [-0.2, 0) is 18.3 Å². The van der Waals surface area contributed by atoms with E-state index in [9.17, 15) is 14.0 Å². The summed E-state index contributed by atoms with van der Waals surface area (Å²) in [4.78, 5) is 31.9. The molecule has 1 aliphatic rings. The minimum atomic E-state index is -0.315. The summed E-state index contributed by atoms with van der Waals surface area (Å²) < 4.78 is 15.3. The van der Waals surface area contributed by atoms with Crippen molar-refractivity contribution in [1.29, 1.82) is 0 Å². The summed E-state index contributed by atoms with van der Waals surface area (Å²) in [6.45, 7) is 5.51. The van der Waals surface area contributed by atoms with Crippen molar-refractivity contribution >= 4 is 16.9 Å². The first-order valence-corrected chi connectivity index (χ1v) is 9.67. The highest BCUT2D eigenvalue weighted by atomic mass is 19.1. The third kappa shape index (κ3) is 3.44. The molecule has 1 fully saturated rings. The van der Waals surface area contributed by atoms with Gasteiger partial charge in [0.25, 0.3) is 5.56 Å². The number of hydrogen-bond acceptors (Lipinski definition) is 4. The number of aryl methyl sites for hydroxylation is 3. The molecule has 0 aliphatic carbocycles. The van der Waals surface area contributed by atoms with Gasteiger partial charge >= 0.3 is 0 Å². The van der Waals surface area contributed by atoms with Gasteiger partial charge in [0.05, 0.1) is 17.8 Å². The van der Waals surface area contributed by atoms with Crippen LogP contribution < -0.4 is 10.9 Å². The van der Waals surface area contributed by atoms with E-state index in [0.29, 0.717) is 30.7 Å². The molecular weight excluding hydrogens is 373 g/mol. The third-order valence-electron chi connectivity index (χ3n) is 5.70. The van der Waals surface area contributed by atoms with Crippen molar-refractivity contribution in [2.75, 3.05) is 19.6 Å². The molecule has 2 aromatic heterocycles. The summed E-state index contributed by atoms with van der Waals surface area (Å²) in [6, 6.07) is 6.15. The van der Waals surface area contributed by atoms with Crippen LogP contribution in [-0.4, -0.2) is 45.2 Å². The van der Waals surface area contributed by atoms with Gasteiger partial charge in [-0.05, 0) is 42.7 Å². The monoisotopic (exact) mass is 397 g/mol. The number of piperazine rings is 1. The maximum absolute atomic E-state index is 13.7. The van der Waals surface area contributed by atoms with Crippen LogP contribution in [0.25, 0.3) is 11.0 Å². The fourth-order valence-corrected chi connectivity index (χ4v) is 4.18. The fourth-order valence-electron chi connectivity index (χ4n) is 4.18. The zero-order valence-electron chi connectivity index (χ0n) is 16.8. The first-order valence-electron chi connectivity index (χ1n) is 9.67. The van der Waals surface area contributed by atoms with E-state index in [4.69, 9.17) is 0 Å². The lowest BCUT2D eigenvalue weighted by Crippen LogP contribution is -2.49. The Balaban J connectivity index is 1.68. The highest BCUT2D eigenvalue weighted by molar-refractivity contribution is 5.85. The number of hydrogen-bond donors (Lipinski definition) is 2.